The Hall–Kier alpha value is -0.960. The Balaban J connectivity index is 2.73. The maximum absolute atomic E-state index is 4.48. The molecule has 0 aromatic carbocycles. The van der Waals surface area contributed by atoms with Crippen LogP contribution in [-0.4, -0.2) is 16.5 Å². The molecule has 1 N–H and O–H groups in total. The van der Waals surface area contributed by atoms with Gasteiger partial charge in [0.1, 0.15) is 5.82 Å². The number of aromatic nitrogens is 2. The first-order chi connectivity index (χ1) is 8.71. The van der Waals surface area contributed by atoms with E-state index in [1.54, 1.807) is 0 Å². The summed E-state index contributed by atoms with van der Waals surface area (Å²) in [4.78, 5) is 8.96. The van der Waals surface area contributed by atoms with Gasteiger partial charge >= 0.3 is 0 Å². The van der Waals surface area contributed by atoms with Crippen molar-refractivity contribution in [3.05, 3.63) is 23.8 Å². The van der Waals surface area contributed by atoms with Crippen LogP contribution in [0.3, 0.4) is 0 Å². The van der Waals surface area contributed by atoms with Crippen LogP contribution in [0.1, 0.15) is 63.9 Å². The summed E-state index contributed by atoms with van der Waals surface area (Å²) in [7, 11) is 0. The molecule has 1 heterocycles. The third-order valence-corrected chi connectivity index (χ3v) is 3.48. The molecule has 18 heavy (non-hydrogen) atoms. The van der Waals surface area contributed by atoms with Crippen LogP contribution in [0.15, 0.2) is 12.4 Å². The molecular weight excluding hydrogens is 222 g/mol. The van der Waals surface area contributed by atoms with Crippen LogP contribution in [0.5, 0.6) is 0 Å². The van der Waals surface area contributed by atoms with Crippen molar-refractivity contribution in [2.45, 2.75) is 59.4 Å². The van der Waals surface area contributed by atoms with Crippen molar-refractivity contribution in [3.8, 4) is 0 Å². The van der Waals surface area contributed by atoms with Gasteiger partial charge in [0.25, 0.3) is 0 Å². The van der Waals surface area contributed by atoms with Crippen LogP contribution in [-0.2, 0) is 0 Å². The molecule has 102 valence electrons. The number of hydrogen-bond acceptors (Lipinski definition) is 3. The predicted molar refractivity (Wildman–Crippen MR) is 76.5 cm³/mol. The second kappa shape index (κ2) is 8.20. The van der Waals surface area contributed by atoms with E-state index in [2.05, 4.69) is 36.1 Å². The molecule has 0 aliphatic carbocycles. The SMILES string of the molecule is CCCNC(CC(CC)CC)c1ncc(C)cn1. The lowest BCUT2D eigenvalue weighted by molar-refractivity contribution is 0.361. The fourth-order valence-electron chi connectivity index (χ4n) is 2.14. The summed E-state index contributed by atoms with van der Waals surface area (Å²) < 4.78 is 0. The molecular formula is C15H27N3. The average molecular weight is 249 g/mol. The van der Waals surface area contributed by atoms with E-state index < -0.39 is 0 Å². The van der Waals surface area contributed by atoms with Crippen LogP contribution >= 0.6 is 0 Å². The fraction of sp³-hybridized carbons (Fsp3) is 0.733. The average Bonchev–Trinajstić information content (AvgIpc) is 2.40. The number of hydrogen-bond donors (Lipinski definition) is 1. The lowest BCUT2D eigenvalue weighted by Gasteiger charge is -2.22. The Kier molecular flexibility index (Phi) is 6.88. The molecule has 0 aliphatic heterocycles. The summed E-state index contributed by atoms with van der Waals surface area (Å²) in [6.45, 7) is 9.78. The van der Waals surface area contributed by atoms with E-state index in [9.17, 15) is 0 Å². The van der Waals surface area contributed by atoms with Gasteiger partial charge in [-0.15, -0.1) is 0 Å². The second-order valence-electron chi connectivity index (χ2n) is 5.04. The van der Waals surface area contributed by atoms with Gasteiger partial charge in [-0.25, -0.2) is 9.97 Å². The molecule has 3 nitrogen and oxygen atoms in total. The van der Waals surface area contributed by atoms with Crippen LogP contribution in [0.4, 0.5) is 0 Å². The maximum Gasteiger partial charge on any atom is 0.145 e. The minimum absolute atomic E-state index is 0.301. The van der Waals surface area contributed by atoms with Gasteiger partial charge in [0, 0.05) is 12.4 Å². The summed E-state index contributed by atoms with van der Waals surface area (Å²) in [6.07, 6.45) is 8.56. The van der Waals surface area contributed by atoms with E-state index in [1.807, 2.05) is 19.3 Å². The Morgan fingerprint density at radius 3 is 2.22 bits per heavy atom. The minimum atomic E-state index is 0.301. The van der Waals surface area contributed by atoms with Gasteiger partial charge in [-0.3, -0.25) is 0 Å². The highest BCUT2D eigenvalue weighted by Gasteiger charge is 2.17. The Morgan fingerprint density at radius 1 is 1.11 bits per heavy atom. The minimum Gasteiger partial charge on any atom is -0.307 e. The lowest BCUT2D eigenvalue weighted by Crippen LogP contribution is -2.26. The molecule has 0 spiro atoms. The van der Waals surface area contributed by atoms with Crippen LogP contribution in [0.25, 0.3) is 0 Å². The second-order valence-corrected chi connectivity index (χ2v) is 5.04. The zero-order valence-electron chi connectivity index (χ0n) is 12.2. The quantitative estimate of drug-likeness (QED) is 0.764. The van der Waals surface area contributed by atoms with E-state index in [0.29, 0.717) is 6.04 Å². The van der Waals surface area contributed by atoms with Crippen molar-refractivity contribution in [1.82, 2.24) is 15.3 Å². The van der Waals surface area contributed by atoms with Gasteiger partial charge < -0.3 is 5.32 Å². The topological polar surface area (TPSA) is 37.8 Å². The molecule has 1 aromatic heterocycles. The molecule has 1 aromatic rings. The van der Waals surface area contributed by atoms with Gasteiger partial charge in [0.2, 0.25) is 0 Å². The van der Waals surface area contributed by atoms with Crippen LogP contribution < -0.4 is 5.32 Å². The zero-order valence-corrected chi connectivity index (χ0v) is 12.2. The maximum atomic E-state index is 4.48. The van der Waals surface area contributed by atoms with E-state index in [-0.39, 0.29) is 0 Å². The van der Waals surface area contributed by atoms with Crippen molar-refractivity contribution >= 4 is 0 Å². The molecule has 0 radical (unpaired) electrons. The van der Waals surface area contributed by atoms with Gasteiger partial charge in [-0.05, 0) is 37.8 Å². The molecule has 1 atom stereocenters. The van der Waals surface area contributed by atoms with Gasteiger partial charge in [-0.2, -0.15) is 0 Å². The number of aryl methyl sites for hydroxylation is 1. The number of nitrogens with one attached hydrogen (secondary N) is 1. The van der Waals surface area contributed by atoms with E-state index >= 15 is 0 Å². The van der Waals surface area contributed by atoms with Crippen LogP contribution in [0.2, 0.25) is 0 Å². The summed E-state index contributed by atoms with van der Waals surface area (Å²) in [5.41, 5.74) is 1.12. The summed E-state index contributed by atoms with van der Waals surface area (Å²) in [5, 5.41) is 3.58. The van der Waals surface area contributed by atoms with Crippen LogP contribution in [0, 0.1) is 12.8 Å². The normalized spacial score (nSPS) is 12.9. The van der Waals surface area contributed by atoms with Crippen molar-refractivity contribution in [2.75, 3.05) is 6.54 Å². The Morgan fingerprint density at radius 2 is 1.72 bits per heavy atom. The monoisotopic (exact) mass is 249 g/mol. The smallest absolute Gasteiger partial charge is 0.145 e. The highest BCUT2D eigenvalue weighted by atomic mass is 15.0. The Bertz CT molecular complexity index is 317. The lowest BCUT2D eigenvalue weighted by atomic mass is 9.94. The molecule has 0 fully saturated rings. The molecule has 3 heteroatoms. The number of nitrogens with zero attached hydrogens (tertiary/aromatic N) is 2. The Labute approximate surface area is 111 Å². The number of rotatable bonds is 8. The van der Waals surface area contributed by atoms with Gasteiger partial charge in [0.15, 0.2) is 0 Å². The van der Waals surface area contributed by atoms with E-state index in [4.69, 9.17) is 0 Å². The zero-order chi connectivity index (χ0) is 13.4. The molecule has 0 saturated carbocycles. The summed E-state index contributed by atoms with van der Waals surface area (Å²) in [5.74, 6) is 1.70. The largest absolute Gasteiger partial charge is 0.307 e. The van der Waals surface area contributed by atoms with Crippen molar-refractivity contribution in [2.24, 2.45) is 5.92 Å². The van der Waals surface area contributed by atoms with Crippen molar-refractivity contribution in [3.63, 3.8) is 0 Å². The first-order valence-electron chi connectivity index (χ1n) is 7.23. The molecule has 0 aliphatic rings. The first kappa shape index (κ1) is 15.1. The van der Waals surface area contributed by atoms with E-state index in [0.717, 1.165) is 36.7 Å². The molecule has 0 bridgehead atoms. The fourth-order valence-corrected chi connectivity index (χ4v) is 2.14. The van der Waals surface area contributed by atoms with Crippen molar-refractivity contribution in [1.29, 1.82) is 0 Å². The first-order valence-corrected chi connectivity index (χ1v) is 7.23. The molecule has 1 rings (SSSR count). The molecule has 1 unspecified atom stereocenters. The summed E-state index contributed by atoms with van der Waals surface area (Å²) >= 11 is 0. The highest BCUT2D eigenvalue weighted by molar-refractivity contribution is 5.04. The summed E-state index contributed by atoms with van der Waals surface area (Å²) in [6, 6.07) is 0.301. The third-order valence-electron chi connectivity index (χ3n) is 3.48. The predicted octanol–water partition coefficient (Wildman–Crippen LogP) is 3.65. The third kappa shape index (κ3) is 4.73. The van der Waals surface area contributed by atoms with Crippen molar-refractivity contribution < 1.29 is 0 Å². The van der Waals surface area contributed by atoms with Gasteiger partial charge in [0.05, 0.1) is 6.04 Å². The van der Waals surface area contributed by atoms with E-state index in [1.165, 1.54) is 12.8 Å². The standard InChI is InChI=1S/C15H27N3/c1-5-8-16-14(9-13(6-2)7-3)15-17-10-12(4)11-18-15/h10-11,13-14,16H,5-9H2,1-4H3. The van der Waals surface area contributed by atoms with Gasteiger partial charge in [-0.1, -0.05) is 33.6 Å². The molecule has 0 saturated heterocycles. The molecule has 0 amide bonds. The highest BCUT2D eigenvalue weighted by Crippen LogP contribution is 2.23.